The van der Waals surface area contributed by atoms with Crippen molar-refractivity contribution in [3.8, 4) is 24.0 Å². The van der Waals surface area contributed by atoms with Crippen molar-refractivity contribution in [2.75, 3.05) is 75.8 Å². The average molecular weight is 625 g/mol. The van der Waals surface area contributed by atoms with E-state index in [0.29, 0.717) is 32.1 Å². The van der Waals surface area contributed by atoms with Crippen molar-refractivity contribution in [2.24, 2.45) is 0 Å². The number of nitrogens with zero attached hydrogens (tertiary/aromatic N) is 8. The molecule has 3 fully saturated rings. The van der Waals surface area contributed by atoms with Crippen LogP contribution in [0, 0.1) is 23.3 Å². The summed E-state index contributed by atoms with van der Waals surface area (Å²) in [6, 6.07) is 18.5. The molecule has 2 aromatic carbocycles. The number of aromatic nitrogens is 2. The second-order valence-corrected chi connectivity index (χ2v) is 13.3. The second kappa shape index (κ2) is 12.6. The van der Waals surface area contributed by atoms with Gasteiger partial charge in [-0.05, 0) is 50.8 Å². The highest BCUT2D eigenvalue weighted by Gasteiger charge is 2.49. The molecule has 4 aliphatic rings. The molecule has 1 saturated carbocycles. The van der Waals surface area contributed by atoms with Crippen LogP contribution >= 0.6 is 11.6 Å². The van der Waals surface area contributed by atoms with Crippen LogP contribution in [0.3, 0.4) is 0 Å². The molecule has 3 aliphatic heterocycles. The molecule has 45 heavy (non-hydrogen) atoms. The molecule has 1 aliphatic carbocycles. The molecule has 2 saturated heterocycles. The van der Waals surface area contributed by atoms with Crippen LogP contribution in [0.2, 0.25) is 5.02 Å². The number of benzene rings is 2. The van der Waals surface area contributed by atoms with E-state index in [1.807, 2.05) is 19.1 Å². The zero-order valence-electron chi connectivity index (χ0n) is 26.3. The van der Waals surface area contributed by atoms with Gasteiger partial charge in [0.1, 0.15) is 12.4 Å². The Bertz CT molecular complexity index is 1660. The number of halogens is 1. The van der Waals surface area contributed by atoms with E-state index in [9.17, 15) is 5.26 Å². The van der Waals surface area contributed by atoms with Gasteiger partial charge in [0.2, 0.25) is 0 Å². The van der Waals surface area contributed by atoms with E-state index in [1.165, 1.54) is 5.56 Å². The van der Waals surface area contributed by atoms with Crippen LogP contribution in [0.1, 0.15) is 37.4 Å². The molecule has 0 amide bonds. The van der Waals surface area contributed by atoms with Crippen molar-refractivity contribution < 1.29 is 4.74 Å². The maximum absolute atomic E-state index is 9.59. The van der Waals surface area contributed by atoms with Crippen molar-refractivity contribution in [3.05, 3.63) is 52.7 Å². The lowest BCUT2D eigenvalue weighted by molar-refractivity contribution is 0.0650. The van der Waals surface area contributed by atoms with Gasteiger partial charge in [-0.2, -0.15) is 15.2 Å². The van der Waals surface area contributed by atoms with Crippen LogP contribution in [-0.4, -0.2) is 102 Å². The highest BCUT2D eigenvalue weighted by atomic mass is 35.5. The van der Waals surface area contributed by atoms with Gasteiger partial charge in [0.05, 0.1) is 41.3 Å². The van der Waals surface area contributed by atoms with Crippen LogP contribution in [0.5, 0.6) is 6.01 Å². The van der Waals surface area contributed by atoms with E-state index in [-0.39, 0.29) is 11.6 Å². The van der Waals surface area contributed by atoms with Gasteiger partial charge in [0.25, 0.3) is 0 Å². The average Bonchev–Trinajstić information content (AvgIpc) is 3.85. The quantitative estimate of drug-likeness (QED) is 0.356. The van der Waals surface area contributed by atoms with Crippen LogP contribution in [0.25, 0.3) is 10.8 Å². The van der Waals surface area contributed by atoms with E-state index in [1.54, 1.807) is 0 Å². The standard InChI is InChI=1S/C35H41ClN8O/c1-3-15-41-19-20-43(23-27(41)10-14-37)33-28-11-16-42(31-9-5-7-26-6-4-8-29(36)32(26)31)24-30(28)38-34(39-33)45-25-35(12-13-35)44-21-17-40(2)18-22-44/h4-9,27H,10-13,16-25H2,1-2H3/t27-/m0/s1. The Balaban J connectivity index is 1.20. The van der Waals surface area contributed by atoms with Crippen LogP contribution < -0.4 is 14.5 Å². The molecule has 0 radical (unpaired) electrons. The fraction of sp³-hybridized carbons (Fsp3) is 0.514. The van der Waals surface area contributed by atoms with E-state index in [2.05, 4.69) is 73.8 Å². The Hall–Kier alpha value is -3.76. The summed E-state index contributed by atoms with van der Waals surface area (Å²) in [5.41, 5.74) is 3.40. The second-order valence-electron chi connectivity index (χ2n) is 12.9. The summed E-state index contributed by atoms with van der Waals surface area (Å²) in [7, 11) is 2.20. The SMILES string of the molecule is CC#CN1CCN(c2nc(OCC3(N4CCN(C)CC4)CC3)nc3c2CCN(c2cccc4cccc(Cl)c24)C3)C[C@@H]1CC#N. The van der Waals surface area contributed by atoms with Gasteiger partial charge in [-0.3, -0.25) is 4.90 Å². The van der Waals surface area contributed by atoms with Crippen LogP contribution in [0.15, 0.2) is 36.4 Å². The number of rotatable bonds is 7. The van der Waals surface area contributed by atoms with Crippen molar-refractivity contribution in [3.63, 3.8) is 0 Å². The van der Waals surface area contributed by atoms with Gasteiger partial charge >= 0.3 is 6.01 Å². The van der Waals surface area contributed by atoms with E-state index in [4.69, 9.17) is 26.3 Å². The Morgan fingerprint density at radius 3 is 2.56 bits per heavy atom. The van der Waals surface area contributed by atoms with Gasteiger partial charge in [-0.25, -0.2) is 0 Å². The first kappa shape index (κ1) is 29.9. The van der Waals surface area contributed by atoms with Gasteiger partial charge in [0.15, 0.2) is 0 Å². The minimum Gasteiger partial charge on any atom is -0.461 e. The number of fused-ring (bicyclic) bond motifs is 2. The van der Waals surface area contributed by atoms with Gasteiger partial charge in [0, 0.05) is 75.0 Å². The molecule has 4 heterocycles. The van der Waals surface area contributed by atoms with Crippen molar-refractivity contribution in [2.45, 2.75) is 50.7 Å². The summed E-state index contributed by atoms with van der Waals surface area (Å²) >= 11 is 6.75. The summed E-state index contributed by atoms with van der Waals surface area (Å²) in [6.45, 7) is 10.5. The molecular weight excluding hydrogens is 584 g/mol. The van der Waals surface area contributed by atoms with Crippen LogP contribution in [0.4, 0.5) is 11.5 Å². The lowest BCUT2D eigenvalue weighted by Crippen LogP contribution is -2.52. The van der Waals surface area contributed by atoms with Gasteiger partial charge in [-0.1, -0.05) is 41.8 Å². The molecule has 1 aromatic heterocycles. The summed E-state index contributed by atoms with van der Waals surface area (Å²) < 4.78 is 6.55. The Kier molecular flexibility index (Phi) is 8.35. The minimum absolute atomic E-state index is 0.0241. The molecular formula is C35H41ClN8O. The zero-order valence-corrected chi connectivity index (χ0v) is 27.1. The number of likely N-dealkylation sites (N-methyl/N-ethyl adjacent to an activating group) is 1. The number of hydrogen-bond donors (Lipinski definition) is 0. The lowest BCUT2D eigenvalue weighted by Gasteiger charge is -2.41. The Labute approximate surface area is 271 Å². The molecule has 3 aromatic rings. The topological polar surface area (TPSA) is 75.0 Å². The Morgan fingerprint density at radius 1 is 1.00 bits per heavy atom. The first-order chi connectivity index (χ1) is 22.0. The zero-order chi connectivity index (χ0) is 31.0. The monoisotopic (exact) mass is 624 g/mol. The first-order valence-electron chi connectivity index (χ1n) is 16.2. The fourth-order valence-electron chi connectivity index (χ4n) is 7.25. The predicted molar refractivity (Wildman–Crippen MR) is 179 cm³/mol. The number of hydrogen-bond acceptors (Lipinski definition) is 9. The van der Waals surface area contributed by atoms with Gasteiger partial charge < -0.3 is 24.3 Å². The highest BCUT2D eigenvalue weighted by molar-refractivity contribution is 6.36. The maximum Gasteiger partial charge on any atom is 0.318 e. The fourth-order valence-corrected chi connectivity index (χ4v) is 7.53. The lowest BCUT2D eigenvalue weighted by atomic mass is 10.0. The summed E-state index contributed by atoms with van der Waals surface area (Å²) in [5.74, 6) is 3.97. The third-order valence-corrected chi connectivity index (χ3v) is 10.3. The summed E-state index contributed by atoms with van der Waals surface area (Å²) in [4.78, 5) is 22.0. The number of piperazine rings is 2. The van der Waals surface area contributed by atoms with Crippen LogP contribution in [-0.2, 0) is 13.0 Å². The summed E-state index contributed by atoms with van der Waals surface area (Å²) in [5, 5.41) is 12.6. The molecule has 10 heteroatoms. The molecule has 0 unspecified atom stereocenters. The van der Waals surface area contributed by atoms with Crippen molar-refractivity contribution >= 4 is 33.9 Å². The van der Waals surface area contributed by atoms with Gasteiger partial charge in [-0.15, -0.1) is 0 Å². The van der Waals surface area contributed by atoms with E-state index in [0.717, 1.165) is 98.1 Å². The minimum atomic E-state index is 0.0241. The third kappa shape index (κ3) is 5.97. The first-order valence-corrected chi connectivity index (χ1v) is 16.5. The smallest absolute Gasteiger partial charge is 0.318 e. The third-order valence-electron chi connectivity index (χ3n) is 10.0. The molecule has 0 N–H and O–H groups in total. The number of ether oxygens (including phenoxy) is 1. The number of nitriles is 1. The van der Waals surface area contributed by atoms with E-state index < -0.39 is 0 Å². The molecule has 9 nitrogen and oxygen atoms in total. The molecule has 234 valence electrons. The number of anilines is 2. The normalized spacial score (nSPS) is 21.6. The Morgan fingerprint density at radius 2 is 1.80 bits per heavy atom. The maximum atomic E-state index is 9.59. The molecule has 0 spiro atoms. The molecule has 7 rings (SSSR count). The highest BCUT2D eigenvalue weighted by Crippen LogP contribution is 2.43. The van der Waals surface area contributed by atoms with E-state index >= 15 is 0 Å². The molecule has 1 atom stereocenters. The summed E-state index contributed by atoms with van der Waals surface area (Å²) in [6.07, 6.45) is 3.54. The predicted octanol–water partition coefficient (Wildman–Crippen LogP) is 4.39. The van der Waals surface area contributed by atoms with Crippen molar-refractivity contribution in [1.82, 2.24) is 24.7 Å². The molecule has 0 bridgehead atoms. The van der Waals surface area contributed by atoms with Crippen molar-refractivity contribution in [1.29, 1.82) is 5.26 Å². The largest absolute Gasteiger partial charge is 0.461 e.